The summed E-state index contributed by atoms with van der Waals surface area (Å²) in [6.45, 7) is 0.623. The zero-order valence-corrected chi connectivity index (χ0v) is 13.9. The van der Waals surface area contributed by atoms with Gasteiger partial charge in [-0.05, 0) is 24.3 Å². The van der Waals surface area contributed by atoms with Crippen molar-refractivity contribution in [1.29, 1.82) is 0 Å². The third-order valence-corrected chi connectivity index (χ3v) is 4.97. The van der Waals surface area contributed by atoms with Crippen molar-refractivity contribution in [3.05, 3.63) is 47.2 Å². The van der Waals surface area contributed by atoms with Gasteiger partial charge in [-0.25, -0.2) is 9.98 Å². The van der Waals surface area contributed by atoms with Crippen LogP contribution in [-0.4, -0.2) is 35.0 Å². The average Bonchev–Trinajstić information content (AvgIpc) is 2.99. The van der Waals surface area contributed by atoms with Crippen LogP contribution in [0, 0.1) is 0 Å². The molecule has 0 aliphatic carbocycles. The van der Waals surface area contributed by atoms with Gasteiger partial charge in [0.1, 0.15) is 16.0 Å². The van der Waals surface area contributed by atoms with Gasteiger partial charge in [-0.15, -0.1) is 11.3 Å². The number of nitrogens with two attached hydrogens (primary N) is 1. The Morgan fingerprint density at radius 3 is 2.84 bits per heavy atom. The number of hydrogen-bond acceptors (Lipinski definition) is 7. The number of aromatic nitrogens is 2. The standard InChI is InChI=1S/C17H14N6OS/c18-14-12-1-2-13(10-7-20-9-21-8-10)23-17(12)25-15(14)16(24)22-11-3-5-19-6-4-11/h1-7,9-10H,8,18H2,(H,19,22,24). The molecule has 0 fully saturated rings. The minimum absolute atomic E-state index is 0.0480. The molecule has 3 aromatic rings. The lowest BCUT2D eigenvalue weighted by atomic mass is 10.1. The predicted octanol–water partition coefficient (Wildman–Crippen LogP) is 2.72. The minimum atomic E-state index is -0.253. The van der Waals surface area contributed by atoms with E-state index in [2.05, 4.69) is 25.3 Å². The molecule has 25 heavy (non-hydrogen) atoms. The van der Waals surface area contributed by atoms with Crippen molar-refractivity contribution >= 4 is 51.4 Å². The van der Waals surface area contributed by atoms with Crippen LogP contribution in [0.1, 0.15) is 21.3 Å². The van der Waals surface area contributed by atoms with E-state index in [1.807, 2.05) is 18.3 Å². The first-order valence-corrected chi connectivity index (χ1v) is 8.46. The molecule has 8 heteroatoms. The second-order valence-electron chi connectivity index (χ2n) is 5.51. The van der Waals surface area contributed by atoms with Gasteiger partial charge in [-0.2, -0.15) is 0 Å². The van der Waals surface area contributed by atoms with Crippen molar-refractivity contribution < 1.29 is 4.79 Å². The van der Waals surface area contributed by atoms with E-state index in [1.165, 1.54) is 11.3 Å². The first-order valence-electron chi connectivity index (χ1n) is 7.64. The Morgan fingerprint density at radius 2 is 2.08 bits per heavy atom. The number of fused-ring (bicyclic) bond motifs is 1. The van der Waals surface area contributed by atoms with Crippen LogP contribution in [0.2, 0.25) is 0 Å². The van der Waals surface area contributed by atoms with Gasteiger partial charge < -0.3 is 11.1 Å². The van der Waals surface area contributed by atoms with Gasteiger partial charge in [0.25, 0.3) is 5.91 Å². The van der Waals surface area contributed by atoms with Crippen LogP contribution >= 0.6 is 11.3 Å². The predicted molar refractivity (Wildman–Crippen MR) is 101 cm³/mol. The molecule has 1 aliphatic heterocycles. The highest BCUT2D eigenvalue weighted by Crippen LogP contribution is 2.34. The molecule has 4 rings (SSSR count). The molecule has 0 bridgehead atoms. The summed E-state index contributed by atoms with van der Waals surface area (Å²) in [7, 11) is 0. The number of anilines is 2. The monoisotopic (exact) mass is 350 g/mol. The molecule has 0 radical (unpaired) electrons. The van der Waals surface area contributed by atoms with Crippen LogP contribution in [0.25, 0.3) is 10.2 Å². The Hall–Kier alpha value is -3.13. The number of aliphatic imine (C=N–C) groups is 2. The zero-order chi connectivity index (χ0) is 17.2. The maximum absolute atomic E-state index is 12.5. The topological polar surface area (TPSA) is 106 Å². The first-order chi connectivity index (χ1) is 12.2. The van der Waals surface area contributed by atoms with Crippen LogP contribution < -0.4 is 11.1 Å². The largest absolute Gasteiger partial charge is 0.397 e. The summed E-state index contributed by atoms with van der Waals surface area (Å²) in [5.74, 6) is -0.205. The second-order valence-corrected chi connectivity index (χ2v) is 6.51. The number of thiophene rings is 1. The summed E-state index contributed by atoms with van der Waals surface area (Å²) < 4.78 is 0. The third kappa shape index (κ3) is 2.99. The van der Waals surface area contributed by atoms with E-state index in [-0.39, 0.29) is 11.8 Å². The molecule has 1 aliphatic rings. The summed E-state index contributed by atoms with van der Waals surface area (Å²) in [4.78, 5) is 30.5. The number of hydrogen-bond donors (Lipinski definition) is 2. The van der Waals surface area contributed by atoms with E-state index < -0.39 is 0 Å². The third-order valence-electron chi connectivity index (χ3n) is 3.86. The van der Waals surface area contributed by atoms with Gasteiger partial charge in [0.05, 0.1) is 23.8 Å². The van der Waals surface area contributed by atoms with Crippen LogP contribution in [0.3, 0.4) is 0 Å². The fourth-order valence-corrected chi connectivity index (χ4v) is 3.57. The van der Waals surface area contributed by atoms with Gasteiger partial charge in [-0.3, -0.25) is 14.8 Å². The molecule has 0 spiro atoms. The van der Waals surface area contributed by atoms with Crippen LogP contribution in [-0.2, 0) is 0 Å². The average molecular weight is 350 g/mol. The zero-order valence-electron chi connectivity index (χ0n) is 13.1. The quantitative estimate of drug-likeness (QED) is 0.757. The lowest BCUT2D eigenvalue weighted by Crippen LogP contribution is -2.11. The van der Waals surface area contributed by atoms with E-state index in [4.69, 9.17) is 5.73 Å². The Kier molecular flexibility index (Phi) is 3.95. The van der Waals surface area contributed by atoms with Gasteiger partial charge in [0.2, 0.25) is 0 Å². The molecule has 124 valence electrons. The summed E-state index contributed by atoms with van der Waals surface area (Å²) in [5.41, 5.74) is 8.15. The van der Waals surface area contributed by atoms with Gasteiger partial charge in [0, 0.05) is 29.7 Å². The Morgan fingerprint density at radius 1 is 1.24 bits per heavy atom. The molecular weight excluding hydrogens is 336 g/mol. The molecule has 1 amide bonds. The van der Waals surface area contributed by atoms with Crippen LogP contribution in [0.4, 0.5) is 11.4 Å². The number of pyridine rings is 2. The molecule has 1 atom stereocenters. The van der Waals surface area contributed by atoms with Crippen molar-refractivity contribution in [3.8, 4) is 0 Å². The minimum Gasteiger partial charge on any atom is -0.397 e. The van der Waals surface area contributed by atoms with E-state index in [0.717, 1.165) is 15.9 Å². The maximum Gasteiger partial charge on any atom is 0.267 e. The normalized spacial score (nSPS) is 16.2. The number of rotatable bonds is 3. The van der Waals surface area contributed by atoms with Gasteiger partial charge >= 0.3 is 0 Å². The maximum atomic E-state index is 12.5. The molecule has 4 heterocycles. The molecule has 3 aromatic heterocycles. The first kappa shape index (κ1) is 15.4. The van der Waals surface area contributed by atoms with E-state index >= 15 is 0 Å². The number of nitrogens with one attached hydrogen (secondary N) is 1. The molecular formula is C17H14N6OS. The van der Waals surface area contributed by atoms with Crippen molar-refractivity contribution in [2.75, 3.05) is 17.6 Å². The second kappa shape index (κ2) is 6.40. The van der Waals surface area contributed by atoms with Crippen molar-refractivity contribution in [1.82, 2.24) is 9.97 Å². The highest BCUT2D eigenvalue weighted by Gasteiger charge is 2.19. The molecule has 0 saturated carbocycles. The van der Waals surface area contributed by atoms with E-state index in [9.17, 15) is 4.79 Å². The number of carbonyl (C=O) groups excluding carboxylic acids is 1. The van der Waals surface area contributed by atoms with Crippen LogP contribution in [0.5, 0.6) is 0 Å². The van der Waals surface area contributed by atoms with E-state index in [1.54, 1.807) is 30.9 Å². The smallest absolute Gasteiger partial charge is 0.267 e. The summed E-state index contributed by atoms with van der Waals surface area (Å²) >= 11 is 1.28. The number of carbonyl (C=O) groups is 1. The lowest BCUT2D eigenvalue weighted by Gasteiger charge is -2.10. The highest BCUT2D eigenvalue weighted by molar-refractivity contribution is 7.21. The SMILES string of the molecule is Nc1c(C(=O)Nc2ccncc2)sc2nc(C3C=NC=NC3)ccc12. The molecule has 1 unspecified atom stereocenters. The molecule has 0 saturated heterocycles. The number of amides is 1. The Balaban J connectivity index is 1.66. The van der Waals surface area contributed by atoms with Crippen molar-refractivity contribution in [3.63, 3.8) is 0 Å². The fraction of sp³-hybridized carbons (Fsp3) is 0.118. The highest BCUT2D eigenvalue weighted by atomic mass is 32.1. The van der Waals surface area contributed by atoms with Crippen LogP contribution in [0.15, 0.2) is 46.6 Å². The van der Waals surface area contributed by atoms with Gasteiger partial charge in [0.15, 0.2) is 0 Å². The fourth-order valence-electron chi connectivity index (χ4n) is 2.58. The molecule has 7 nitrogen and oxygen atoms in total. The number of nitrogen functional groups attached to an aromatic ring is 1. The van der Waals surface area contributed by atoms with Crippen molar-refractivity contribution in [2.45, 2.75) is 5.92 Å². The number of nitrogens with zero attached hydrogens (tertiary/aromatic N) is 4. The summed E-state index contributed by atoms with van der Waals surface area (Å²) in [5, 5.41) is 3.60. The van der Waals surface area contributed by atoms with Crippen molar-refractivity contribution in [2.24, 2.45) is 9.98 Å². The summed E-state index contributed by atoms with van der Waals surface area (Å²) in [6.07, 6.45) is 6.60. The van der Waals surface area contributed by atoms with E-state index in [0.29, 0.717) is 22.8 Å². The Labute approximate surface area is 147 Å². The molecule has 3 N–H and O–H groups in total. The Bertz CT molecular complexity index is 995. The summed E-state index contributed by atoms with van der Waals surface area (Å²) in [6, 6.07) is 7.26. The lowest BCUT2D eigenvalue weighted by molar-refractivity contribution is 0.103. The van der Waals surface area contributed by atoms with Gasteiger partial charge in [-0.1, -0.05) is 0 Å². The molecule has 0 aromatic carbocycles.